The van der Waals surface area contributed by atoms with Crippen molar-refractivity contribution < 1.29 is 4.74 Å². The Balaban J connectivity index is 1.80. The first-order valence-electron chi connectivity index (χ1n) is 10.8. The van der Waals surface area contributed by atoms with Gasteiger partial charge in [0.1, 0.15) is 0 Å². The van der Waals surface area contributed by atoms with Gasteiger partial charge in [-0.1, -0.05) is 24.3 Å². The number of anilines is 2. The molecule has 2 aromatic carbocycles. The molecule has 2 rings (SSSR count). The molecule has 0 fully saturated rings. The van der Waals surface area contributed by atoms with Crippen LogP contribution in [0.15, 0.2) is 48.5 Å². The van der Waals surface area contributed by atoms with Gasteiger partial charge in [0.25, 0.3) is 0 Å². The van der Waals surface area contributed by atoms with Gasteiger partial charge in [-0.3, -0.25) is 0 Å². The molecular formula is C24H38N4O. The van der Waals surface area contributed by atoms with Gasteiger partial charge in [-0.25, -0.2) is 0 Å². The Hall–Kier alpha value is -2.08. The van der Waals surface area contributed by atoms with Crippen molar-refractivity contribution in [3.8, 4) is 0 Å². The standard InChI is InChI=1S/C24H38N4O/c25-15-13-23(11-3-7-19-5-1-9-21(27)17-19)29-24(14-16-26)12-4-8-20-6-2-10-22(28)18-20/h1-2,5-6,9-10,17-18,23-24H,3-4,7-8,11-16,25-28H2. The molecule has 0 saturated carbocycles. The highest BCUT2D eigenvalue weighted by molar-refractivity contribution is 5.41. The quantitative estimate of drug-likeness (QED) is 0.363. The maximum atomic E-state index is 6.45. The minimum absolute atomic E-state index is 0.185. The second kappa shape index (κ2) is 13.2. The van der Waals surface area contributed by atoms with Gasteiger partial charge in [-0.15, -0.1) is 0 Å². The summed E-state index contributed by atoms with van der Waals surface area (Å²) < 4.78 is 6.45. The average molecular weight is 399 g/mol. The SMILES string of the molecule is NCCC(CCCc1cccc(N)c1)OC(CCN)CCCc1cccc(N)c1. The molecule has 0 amide bonds. The van der Waals surface area contributed by atoms with Gasteiger partial charge in [0.15, 0.2) is 0 Å². The number of rotatable bonds is 14. The molecule has 0 saturated heterocycles. The number of hydrogen-bond acceptors (Lipinski definition) is 5. The Morgan fingerprint density at radius 2 is 1.10 bits per heavy atom. The van der Waals surface area contributed by atoms with E-state index in [1.807, 2.05) is 36.4 Å². The highest BCUT2D eigenvalue weighted by Crippen LogP contribution is 2.19. The fourth-order valence-corrected chi connectivity index (χ4v) is 3.77. The van der Waals surface area contributed by atoms with Crippen LogP contribution in [0.5, 0.6) is 0 Å². The first-order chi connectivity index (χ1) is 14.1. The van der Waals surface area contributed by atoms with Crippen LogP contribution < -0.4 is 22.9 Å². The molecule has 2 unspecified atom stereocenters. The molecule has 5 heteroatoms. The number of aryl methyl sites for hydroxylation is 2. The largest absolute Gasteiger partial charge is 0.399 e. The van der Waals surface area contributed by atoms with Crippen molar-refractivity contribution in [2.45, 2.75) is 63.6 Å². The molecule has 2 atom stereocenters. The fraction of sp³-hybridized carbons (Fsp3) is 0.500. The van der Waals surface area contributed by atoms with Crippen LogP contribution in [0.4, 0.5) is 11.4 Å². The second-order valence-electron chi connectivity index (χ2n) is 7.81. The Bertz CT molecular complexity index is 647. The Morgan fingerprint density at radius 3 is 1.48 bits per heavy atom. The van der Waals surface area contributed by atoms with Crippen LogP contribution in [-0.2, 0) is 17.6 Å². The third-order valence-corrected chi connectivity index (χ3v) is 5.25. The first kappa shape index (κ1) is 23.2. The molecule has 8 N–H and O–H groups in total. The van der Waals surface area contributed by atoms with Gasteiger partial charge in [0.05, 0.1) is 12.2 Å². The van der Waals surface area contributed by atoms with E-state index in [-0.39, 0.29) is 12.2 Å². The van der Waals surface area contributed by atoms with E-state index in [9.17, 15) is 0 Å². The predicted molar refractivity (Wildman–Crippen MR) is 124 cm³/mol. The molecule has 0 spiro atoms. The number of hydrogen-bond donors (Lipinski definition) is 4. The number of nitrogen functional groups attached to an aromatic ring is 2. The molecule has 0 aliphatic carbocycles. The second-order valence-corrected chi connectivity index (χ2v) is 7.81. The van der Waals surface area contributed by atoms with Crippen LogP contribution in [0.1, 0.15) is 49.7 Å². The summed E-state index contributed by atoms with van der Waals surface area (Å²) in [6, 6.07) is 16.2. The molecule has 2 aromatic rings. The summed E-state index contributed by atoms with van der Waals surface area (Å²) in [5.41, 5.74) is 27.6. The number of ether oxygens (including phenoxy) is 1. The van der Waals surface area contributed by atoms with E-state index in [4.69, 9.17) is 27.7 Å². The van der Waals surface area contributed by atoms with E-state index in [0.717, 1.165) is 62.7 Å². The average Bonchev–Trinajstić information content (AvgIpc) is 2.68. The van der Waals surface area contributed by atoms with Crippen LogP contribution >= 0.6 is 0 Å². The summed E-state index contributed by atoms with van der Waals surface area (Å²) in [4.78, 5) is 0. The highest BCUT2D eigenvalue weighted by atomic mass is 16.5. The maximum absolute atomic E-state index is 6.45. The zero-order chi connectivity index (χ0) is 20.9. The molecule has 0 aliphatic heterocycles. The van der Waals surface area contributed by atoms with E-state index >= 15 is 0 Å². The molecule has 0 radical (unpaired) electrons. The van der Waals surface area contributed by atoms with E-state index in [2.05, 4.69) is 12.1 Å². The molecule has 0 bridgehead atoms. The first-order valence-corrected chi connectivity index (χ1v) is 10.8. The van der Waals surface area contributed by atoms with Gasteiger partial charge in [0, 0.05) is 11.4 Å². The third kappa shape index (κ3) is 9.31. The topological polar surface area (TPSA) is 113 Å². The van der Waals surface area contributed by atoms with E-state index in [1.165, 1.54) is 11.1 Å². The molecule has 29 heavy (non-hydrogen) atoms. The van der Waals surface area contributed by atoms with Gasteiger partial charge in [0.2, 0.25) is 0 Å². The van der Waals surface area contributed by atoms with Crippen molar-refractivity contribution >= 4 is 11.4 Å². The van der Waals surface area contributed by atoms with Gasteiger partial charge < -0.3 is 27.7 Å². The Labute approximate surface area is 175 Å². The monoisotopic (exact) mass is 398 g/mol. The number of benzene rings is 2. The predicted octanol–water partition coefficient (Wildman–Crippen LogP) is 3.65. The van der Waals surface area contributed by atoms with E-state index in [1.54, 1.807) is 0 Å². The lowest BCUT2D eigenvalue weighted by molar-refractivity contribution is -0.0272. The van der Waals surface area contributed by atoms with Gasteiger partial charge in [-0.2, -0.15) is 0 Å². The zero-order valence-corrected chi connectivity index (χ0v) is 17.6. The van der Waals surface area contributed by atoms with Crippen LogP contribution in [0.3, 0.4) is 0 Å². The molecular weight excluding hydrogens is 360 g/mol. The summed E-state index contributed by atoms with van der Waals surface area (Å²) in [6.07, 6.45) is 8.28. The maximum Gasteiger partial charge on any atom is 0.0591 e. The van der Waals surface area contributed by atoms with Crippen molar-refractivity contribution in [2.75, 3.05) is 24.6 Å². The third-order valence-electron chi connectivity index (χ3n) is 5.25. The summed E-state index contributed by atoms with van der Waals surface area (Å²) >= 11 is 0. The smallest absolute Gasteiger partial charge is 0.0591 e. The molecule has 0 heterocycles. The minimum atomic E-state index is 0.185. The van der Waals surface area contributed by atoms with Crippen molar-refractivity contribution in [1.82, 2.24) is 0 Å². The minimum Gasteiger partial charge on any atom is -0.399 e. The van der Waals surface area contributed by atoms with Crippen molar-refractivity contribution in [2.24, 2.45) is 11.5 Å². The van der Waals surface area contributed by atoms with Crippen LogP contribution in [0.25, 0.3) is 0 Å². The molecule has 160 valence electrons. The highest BCUT2D eigenvalue weighted by Gasteiger charge is 2.16. The summed E-state index contributed by atoms with van der Waals surface area (Å²) in [6.45, 7) is 1.28. The lowest BCUT2D eigenvalue weighted by Gasteiger charge is -2.25. The zero-order valence-electron chi connectivity index (χ0n) is 17.6. The summed E-state index contributed by atoms with van der Waals surface area (Å²) in [5.74, 6) is 0. The van der Waals surface area contributed by atoms with Crippen molar-refractivity contribution in [1.29, 1.82) is 0 Å². The van der Waals surface area contributed by atoms with Crippen LogP contribution in [0.2, 0.25) is 0 Å². The molecule has 5 nitrogen and oxygen atoms in total. The van der Waals surface area contributed by atoms with Gasteiger partial charge >= 0.3 is 0 Å². The summed E-state index contributed by atoms with van der Waals surface area (Å²) in [7, 11) is 0. The lowest BCUT2D eigenvalue weighted by atomic mass is 10.0. The number of nitrogens with two attached hydrogens (primary N) is 4. The molecule has 0 aliphatic rings. The van der Waals surface area contributed by atoms with E-state index < -0.39 is 0 Å². The normalized spacial score (nSPS) is 13.3. The van der Waals surface area contributed by atoms with Gasteiger partial charge in [-0.05, 0) is 99.8 Å². The van der Waals surface area contributed by atoms with Crippen LogP contribution in [0, 0.1) is 0 Å². The molecule has 0 aromatic heterocycles. The van der Waals surface area contributed by atoms with Crippen LogP contribution in [-0.4, -0.2) is 25.3 Å². The van der Waals surface area contributed by atoms with E-state index in [0.29, 0.717) is 13.1 Å². The lowest BCUT2D eigenvalue weighted by Crippen LogP contribution is -2.27. The summed E-state index contributed by atoms with van der Waals surface area (Å²) in [5, 5.41) is 0. The Kier molecular flexibility index (Phi) is 10.6. The van der Waals surface area contributed by atoms with Crippen molar-refractivity contribution in [3.05, 3.63) is 59.7 Å². The Morgan fingerprint density at radius 1 is 0.655 bits per heavy atom. The fourth-order valence-electron chi connectivity index (χ4n) is 3.77. The van der Waals surface area contributed by atoms with Crippen molar-refractivity contribution in [3.63, 3.8) is 0 Å².